The smallest absolute Gasteiger partial charge is 0.358 e. The molecule has 0 aliphatic heterocycles. The maximum atomic E-state index is 3.15. The molecule has 0 aliphatic rings. The summed E-state index contributed by atoms with van der Waals surface area (Å²) < 4.78 is 0. The molecule has 0 bridgehead atoms. The van der Waals surface area contributed by atoms with Crippen LogP contribution >= 0.6 is 0 Å². The molecule has 0 saturated heterocycles. The van der Waals surface area contributed by atoms with Gasteiger partial charge in [0, 0.05) is 0 Å². The van der Waals surface area contributed by atoms with Crippen molar-refractivity contribution in [3.05, 3.63) is 128 Å². The quantitative estimate of drug-likeness (QED) is 0.251. The molecule has 0 aliphatic carbocycles. The van der Waals surface area contributed by atoms with Gasteiger partial charge >= 0.3 is 32.7 Å². The summed E-state index contributed by atoms with van der Waals surface area (Å²) in [6.07, 6.45) is 1.25. The number of benzene rings is 4. The minimum atomic E-state index is 0. The van der Waals surface area contributed by atoms with Crippen LogP contribution in [0.5, 0.6) is 0 Å². The predicted molar refractivity (Wildman–Crippen MR) is 133 cm³/mol. The largest absolute Gasteiger partial charge is 3.00 e. The molecule has 0 fully saturated rings. The molecule has 0 aromatic heterocycles. The molecule has 1 heteroatoms. The van der Waals surface area contributed by atoms with Crippen LogP contribution in [0.25, 0.3) is 22.3 Å². The molecule has 0 amide bonds. The fraction of sp³-hybridized carbons (Fsp3) is 0.167. The zero-order chi connectivity index (χ0) is 20.9. The molecule has 0 saturated carbocycles. The van der Waals surface area contributed by atoms with Crippen LogP contribution < -0.4 is 0 Å². The van der Waals surface area contributed by atoms with Crippen molar-refractivity contribution in [2.45, 2.75) is 34.1 Å². The maximum Gasteiger partial charge on any atom is 3.00 e. The van der Waals surface area contributed by atoms with Gasteiger partial charge in [-0.2, -0.15) is 48.5 Å². The summed E-state index contributed by atoms with van der Waals surface area (Å²) in [5.74, 6) is 0. The Labute approximate surface area is 215 Å². The summed E-state index contributed by atoms with van der Waals surface area (Å²) >= 11 is 0. The first-order chi connectivity index (χ1) is 14.2. The molecule has 0 heterocycles. The Morgan fingerprint density at radius 3 is 1.55 bits per heavy atom. The van der Waals surface area contributed by atoms with E-state index >= 15 is 0 Å². The Kier molecular flexibility index (Phi) is 15.6. The number of hydrogen-bond donors (Lipinski definition) is 0. The van der Waals surface area contributed by atoms with E-state index in [2.05, 4.69) is 82.3 Å². The number of aryl methyl sites for hydroxylation is 2. The van der Waals surface area contributed by atoms with Gasteiger partial charge in [0.1, 0.15) is 0 Å². The fourth-order valence-corrected chi connectivity index (χ4v) is 2.88. The Balaban J connectivity index is 0.000000491. The predicted octanol–water partition coefficient (Wildman–Crippen LogP) is 8.79. The van der Waals surface area contributed by atoms with Gasteiger partial charge in [0.15, 0.2) is 0 Å². The molecule has 0 spiro atoms. The maximum absolute atomic E-state index is 3.15. The zero-order valence-electron chi connectivity index (χ0n) is 19.5. The van der Waals surface area contributed by atoms with Gasteiger partial charge < -0.3 is 7.43 Å². The van der Waals surface area contributed by atoms with E-state index < -0.39 is 0 Å². The van der Waals surface area contributed by atoms with Crippen LogP contribution in [-0.2, 0) is 32.7 Å². The van der Waals surface area contributed by atoms with E-state index in [0.29, 0.717) is 0 Å². The van der Waals surface area contributed by atoms with Gasteiger partial charge in [-0.1, -0.05) is 74.4 Å². The molecule has 0 N–H and O–H groups in total. The van der Waals surface area contributed by atoms with Crippen molar-refractivity contribution >= 4 is 0 Å². The SMILES string of the molecule is CCC.Cc1ccc(-c2ccccc2)c(C)c1.[CH3-].[Y+3].[c-]1ccccc1-c1[c-]cccc1. The fourth-order valence-electron chi connectivity index (χ4n) is 2.88. The summed E-state index contributed by atoms with van der Waals surface area (Å²) in [5, 5.41) is 0. The van der Waals surface area contributed by atoms with Gasteiger partial charge in [0.05, 0.1) is 0 Å². The van der Waals surface area contributed by atoms with Crippen molar-refractivity contribution in [1.29, 1.82) is 0 Å². The van der Waals surface area contributed by atoms with Gasteiger partial charge in [-0.05, 0) is 30.5 Å². The third-order valence-corrected chi connectivity index (χ3v) is 4.17. The van der Waals surface area contributed by atoms with Gasteiger partial charge in [0.2, 0.25) is 0 Å². The topological polar surface area (TPSA) is 0 Å². The average Bonchev–Trinajstić information content (AvgIpc) is 2.77. The van der Waals surface area contributed by atoms with Crippen LogP contribution in [0.4, 0.5) is 0 Å². The first kappa shape index (κ1) is 29.0. The Bertz CT molecular complexity index is 908. The average molecular weight is 483 g/mol. The molecule has 0 atom stereocenters. The Hall–Kier alpha value is -2.02. The van der Waals surface area contributed by atoms with Crippen LogP contribution in [0.15, 0.2) is 97.1 Å². The molecule has 4 aromatic rings. The van der Waals surface area contributed by atoms with Crippen molar-refractivity contribution in [2.75, 3.05) is 0 Å². The number of rotatable bonds is 2. The van der Waals surface area contributed by atoms with E-state index in [0.717, 1.165) is 11.1 Å². The van der Waals surface area contributed by atoms with Crippen molar-refractivity contribution in [2.24, 2.45) is 0 Å². The standard InChI is InChI=1S/C14H14.C12H8.C3H8.CH3.Y/c1-11-8-9-14(12(2)10-11)13-6-4-3-5-7-13;1-3-7-11(8-4-1)12-9-5-2-6-10-12;1-3-2;;/h3-10H,1-2H3;1-7,9H;3H2,1-2H3;1H3;/q;-2;;-1;+3. The summed E-state index contributed by atoms with van der Waals surface area (Å²) in [6, 6.07) is 39.2. The second-order valence-electron chi connectivity index (χ2n) is 6.94. The molecule has 31 heavy (non-hydrogen) atoms. The van der Waals surface area contributed by atoms with Gasteiger partial charge in [-0.25, -0.2) is 11.1 Å². The molecule has 156 valence electrons. The van der Waals surface area contributed by atoms with E-state index in [4.69, 9.17) is 0 Å². The van der Waals surface area contributed by atoms with Crippen LogP contribution in [0, 0.1) is 33.4 Å². The Morgan fingerprint density at radius 1 is 0.645 bits per heavy atom. The second kappa shape index (κ2) is 16.6. The van der Waals surface area contributed by atoms with Crippen LogP contribution in [-0.4, -0.2) is 0 Å². The minimum absolute atomic E-state index is 0. The molecular formula is C30H33Y. The normalized spacial score (nSPS) is 8.90. The summed E-state index contributed by atoms with van der Waals surface area (Å²) in [5.41, 5.74) is 7.48. The van der Waals surface area contributed by atoms with Gasteiger partial charge in [-0.3, -0.25) is 0 Å². The molecular weight excluding hydrogens is 449 g/mol. The monoisotopic (exact) mass is 482 g/mol. The van der Waals surface area contributed by atoms with E-state index in [-0.39, 0.29) is 40.1 Å². The van der Waals surface area contributed by atoms with Crippen LogP contribution in [0.3, 0.4) is 0 Å². The van der Waals surface area contributed by atoms with Crippen LogP contribution in [0.1, 0.15) is 31.4 Å². The minimum Gasteiger partial charge on any atom is -0.358 e. The van der Waals surface area contributed by atoms with Crippen molar-refractivity contribution in [1.82, 2.24) is 0 Å². The van der Waals surface area contributed by atoms with Crippen molar-refractivity contribution in [3.63, 3.8) is 0 Å². The summed E-state index contributed by atoms with van der Waals surface area (Å²) in [7, 11) is 0. The molecule has 0 nitrogen and oxygen atoms in total. The summed E-state index contributed by atoms with van der Waals surface area (Å²) in [6.45, 7) is 8.54. The second-order valence-corrected chi connectivity index (χ2v) is 6.94. The van der Waals surface area contributed by atoms with E-state index in [1.807, 2.05) is 54.6 Å². The number of hydrogen-bond acceptors (Lipinski definition) is 0. The molecule has 4 rings (SSSR count). The third-order valence-electron chi connectivity index (χ3n) is 4.17. The van der Waals surface area contributed by atoms with Crippen LogP contribution in [0.2, 0.25) is 0 Å². The first-order valence-electron chi connectivity index (χ1n) is 10.2. The zero-order valence-corrected chi connectivity index (χ0v) is 22.4. The van der Waals surface area contributed by atoms with E-state index in [9.17, 15) is 0 Å². The molecule has 0 unspecified atom stereocenters. The van der Waals surface area contributed by atoms with Gasteiger partial charge in [0.25, 0.3) is 0 Å². The Morgan fingerprint density at radius 2 is 1.13 bits per heavy atom. The van der Waals surface area contributed by atoms with E-state index in [1.165, 1.54) is 28.7 Å². The first-order valence-corrected chi connectivity index (χ1v) is 10.2. The molecule has 4 aromatic carbocycles. The third kappa shape index (κ3) is 10.2. The van der Waals surface area contributed by atoms with E-state index in [1.54, 1.807) is 0 Å². The van der Waals surface area contributed by atoms with Gasteiger partial charge in [-0.15, -0.1) is 12.1 Å². The van der Waals surface area contributed by atoms with Crippen molar-refractivity contribution < 1.29 is 32.7 Å². The van der Waals surface area contributed by atoms with Crippen molar-refractivity contribution in [3.8, 4) is 22.3 Å². The molecule has 0 radical (unpaired) electrons. The summed E-state index contributed by atoms with van der Waals surface area (Å²) in [4.78, 5) is 0.